The molecule has 0 N–H and O–H groups in total. The van der Waals surface area contributed by atoms with Crippen LogP contribution in [-0.2, 0) is 4.79 Å². The molecule has 0 aliphatic heterocycles. The van der Waals surface area contributed by atoms with Crippen molar-refractivity contribution in [2.45, 2.75) is 19.3 Å². The molecule has 0 aliphatic rings. The van der Waals surface area contributed by atoms with E-state index in [1.165, 1.54) is 0 Å². The van der Waals surface area contributed by atoms with Gasteiger partial charge in [-0.1, -0.05) is 24.3 Å². The summed E-state index contributed by atoms with van der Waals surface area (Å²) in [4.78, 5) is 21.1. The number of carbonyl (C=O) groups excluding carboxylic acids is 1. The zero-order valence-corrected chi connectivity index (χ0v) is 9.04. The third-order valence-corrected chi connectivity index (χ3v) is 3.16. The van der Waals surface area contributed by atoms with Crippen molar-refractivity contribution in [3.05, 3.63) is 33.5 Å². The Kier molecular flexibility index (Phi) is 2.68. The maximum Gasteiger partial charge on any atom is 0.396 e. The van der Waals surface area contributed by atoms with Gasteiger partial charge in [0, 0.05) is 6.42 Å². The Bertz CT molecular complexity index is 538. The number of rotatable bonds is 3. The third kappa shape index (κ3) is 1.99. The van der Waals surface area contributed by atoms with E-state index in [1.54, 1.807) is 6.07 Å². The minimum Gasteiger partial charge on any atom is -0.414 e. The molecule has 2 rings (SSSR count). The van der Waals surface area contributed by atoms with Crippen LogP contribution in [0.1, 0.15) is 24.8 Å². The Balaban J connectivity index is 2.45. The summed E-state index contributed by atoms with van der Waals surface area (Å²) in [6.07, 6.45) is 1.41. The van der Waals surface area contributed by atoms with Crippen LogP contribution in [-0.4, -0.2) is 6.29 Å². The van der Waals surface area contributed by atoms with Crippen LogP contribution in [0.4, 0.5) is 0 Å². The Hall–Kier alpha value is -1.42. The molecular formula is C11H10O3S. The van der Waals surface area contributed by atoms with E-state index >= 15 is 0 Å². The van der Waals surface area contributed by atoms with Crippen molar-refractivity contribution in [1.82, 2.24) is 0 Å². The summed E-state index contributed by atoms with van der Waals surface area (Å²) in [5.74, 6) is 0.184. The van der Waals surface area contributed by atoms with E-state index in [2.05, 4.69) is 0 Å². The van der Waals surface area contributed by atoms with Crippen LogP contribution in [0.15, 0.2) is 27.4 Å². The standard InChI is InChI=1S/C11H10O3S/c1-7(4-5-12)8-2-3-9-10(6-8)15-11(13)14-9/h2-3,5-7H,4H2,1H3. The predicted molar refractivity (Wildman–Crippen MR) is 59.5 cm³/mol. The van der Waals surface area contributed by atoms with E-state index in [-0.39, 0.29) is 10.9 Å². The van der Waals surface area contributed by atoms with E-state index < -0.39 is 0 Å². The molecule has 0 bridgehead atoms. The molecule has 2 aromatic rings. The molecule has 15 heavy (non-hydrogen) atoms. The van der Waals surface area contributed by atoms with Gasteiger partial charge in [-0.25, -0.2) is 4.79 Å². The largest absolute Gasteiger partial charge is 0.414 e. The molecule has 78 valence electrons. The first kappa shape index (κ1) is 10.1. The van der Waals surface area contributed by atoms with Crippen LogP contribution < -0.4 is 4.94 Å². The van der Waals surface area contributed by atoms with Gasteiger partial charge in [-0.3, -0.25) is 0 Å². The minimum absolute atomic E-state index is 0.184. The average molecular weight is 222 g/mol. The second-order valence-corrected chi connectivity index (χ2v) is 4.44. The molecule has 1 aromatic heterocycles. The number of fused-ring (bicyclic) bond motifs is 1. The van der Waals surface area contributed by atoms with Crippen molar-refractivity contribution < 1.29 is 9.21 Å². The van der Waals surface area contributed by atoms with Gasteiger partial charge in [-0.2, -0.15) is 0 Å². The average Bonchev–Trinajstić information content (AvgIpc) is 2.57. The van der Waals surface area contributed by atoms with Crippen LogP contribution in [0.2, 0.25) is 0 Å². The molecule has 0 aliphatic carbocycles. The lowest BCUT2D eigenvalue weighted by atomic mass is 9.99. The van der Waals surface area contributed by atoms with E-state index in [0.29, 0.717) is 12.0 Å². The maximum atomic E-state index is 11.0. The van der Waals surface area contributed by atoms with E-state index in [0.717, 1.165) is 27.9 Å². The van der Waals surface area contributed by atoms with E-state index in [9.17, 15) is 9.59 Å². The molecule has 0 amide bonds. The lowest BCUT2D eigenvalue weighted by molar-refractivity contribution is -0.108. The first-order valence-corrected chi connectivity index (χ1v) is 5.49. The Labute approximate surface area is 90.3 Å². The number of carbonyl (C=O) groups is 1. The highest BCUT2D eigenvalue weighted by Crippen LogP contribution is 2.24. The summed E-state index contributed by atoms with van der Waals surface area (Å²) in [6, 6.07) is 5.59. The second kappa shape index (κ2) is 3.98. The molecule has 1 unspecified atom stereocenters. The predicted octanol–water partition coefficient (Wildman–Crippen LogP) is 2.55. The van der Waals surface area contributed by atoms with Gasteiger partial charge in [0.05, 0.1) is 4.70 Å². The number of hydrogen-bond donors (Lipinski definition) is 0. The molecule has 4 heteroatoms. The molecule has 1 aromatic carbocycles. The summed E-state index contributed by atoms with van der Waals surface area (Å²) in [7, 11) is 0. The van der Waals surface area contributed by atoms with Crippen molar-refractivity contribution in [2.24, 2.45) is 0 Å². The van der Waals surface area contributed by atoms with Crippen LogP contribution in [0, 0.1) is 0 Å². The van der Waals surface area contributed by atoms with Crippen molar-refractivity contribution in [2.75, 3.05) is 0 Å². The summed E-state index contributed by atoms with van der Waals surface area (Å²) in [5.41, 5.74) is 1.68. The third-order valence-electron chi connectivity index (χ3n) is 2.37. The van der Waals surface area contributed by atoms with Gasteiger partial charge in [0.2, 0.25) is 0 Å². The maximum absolute atomic E-state index is 11.0. The summed E-state index contributed by atoms with van der Waals surface area (Å²) in [5, 5.41) is 0. The fourth-order valence-corrected chi connectivity index (χ4v) is 2.19. The highest BCUT2D eigenvalue weighted by molar-refractivity contribution is 7.16. The van der Waals surface area contributed by atoms with Crippen LogP contribution in [0.3, 0.4) is 0 Å². The van der Waals surface area contributed by atoms with E-state index in [1.807, 2.05) is 19.1 Å². The van der Waals surface area contributed by atoms with Crippen molar-refractivity contribution in [1.29, 1.82) is 0 Å². The molecular weight excluding hydrogens is 212 g/mol. The molecule has 0 saturated carbocycles. The molecule has 3 nitrogen and oxygen atoms in total. The summed E-state index contributed by atoms with van der Waals surface area (Å²) in [6.45, 7) is 1.98. The first-order chi connectivity index (χ1) is 7.20. The topological polar surface area (TPSA) is 47.3 Å². The van der Waals surface area contributed by atoms with Gasteiger partial charge in [-0.15, -0.1) is 0 Å². The van der Waals surface area contributed by atoms with Crippen molar-refractivity contribution in [3.63, 3.8) is 0 Å². The molecule has 0 radical (unpaired) electrons. The van der Waals surface area contributed by atoms with Crippen LogP contribution >= 0.6 is 11.3 Å². The van der Waals surface area contributed by atoms with Gasteiger partial charge in [0.15, 0.2) is 0 Å². The number of benzene rings is 1. The van der Waals surface area contributed by atoms with E-state index in [4.69, 9.17) is 4.42 Å². The molecule has 0 saturated heterocycles. The summed E-state index contributed by atoms with van der Waals surface area (Å²) < 4.78 is 5.80. The monoisotopic (exact) mass is 222 g/mol. The number of aldehydes is 1. The van der Waals surface area contributed by atoms with Crippen molar-refractivity contribution >= 4 is 27.9 Å². The number of hydrogen-bond acceptors (Lipinski definition) is 4. The minimum atomic E-state index is -0.287. The van der Waals surface area contributed by atoms with Crippen LogP contribution in [0.25, 0.3) is 10.3 Å². The SMILES string of the molecule is CC(CC=O)c1ccc2oc(=O)sc2c1. The van der Waals surface area contributed by atoms with Gasteiger partial charge >= 0.3 is 4.94 Å². The zero-order valence-electron chi connectivity index (χ0n) is 8.23. The zero-order chi connectivity index (χ0) is 10.8. The fraction of sp³-hybridized carbons (Fsp3) is 0.273. The fourth-order valence-electron chi connectivity index (χ4n) is 1.48. The summed E-state index contributed by atoms with van der Waals surface area (Å²) >= 11 is 1.09. The van der Waals surface area contributed by atoms with Gasteiger partial charge in [0.1, 0.15) is 11.9 Å². The second-order valence-electron chi connectivity index (χ2n) is 3.46. The molecule has 1 heterocycles. The molecule has 0 spiro atoms. The highest BCUT2D eigenvalue weighted by atomic mass is 32.1. The highest BCUT2D eigenvalue weighted by Gasteiger charge is 2.08. The van der Waals surface area contributed by atoms with Crippen LogP contribution in [0.5, 0.6) is 0 Å². The Morgan fingerprint density at radius 1 is 1.53 bits per heavy atom. The normalized spacial score (nSPS) is 12.9. The molecule has 0 fully saturated rings. The van der Waals surface area contributed by atoms with Crippen molar-refractivity contribution in [3.8, 4) is 0 Å². The van der Waals surface area contributed by atoms with Gasteiger partial charge < -0.3 is 9.21 Å². The Morgan fingerprint density at radius 3 is 3.07 bits per heavy atom. The van der Waals surface area contributed by atoms with Gasteiger partial charge in [-0.05, 0) is 23.6 Å². The lowest BCUT2D eigenvalue weighted by Gasteiger charge is -2.06. The first-order valence-electron chi connectivity index (χ1n) is 4.68. The quantitative estimate of drug-likeness (QED) is 0.750. The smallest absolute Gasteiger partial charge is 0.396 e. The molecule has 1 atom stereocenters. The lowest BCUT2D eigenvalue weighted by Crippen LogP contribution is -1.93. The Morgan fingerprint density at radius 2 is 2.33 bits per heavy atom. The van der Waals surface area contributed by atoms with Gasteiger partial charge in [0.25, 0.3) is 0 Å².